The van der Waals surface area contributed by atoms with Gasteiger partial charge in [-0.25, -0.2) is 0 Å². The molecule has 1 fully saturated rings. The van der Waals surface area contributed by atoms with Gasteiger partial charge < -0.3 is 47.8 Å². The summed E-state index contributed by atoms with van der Waals surface area (Å²) in [6.07, 6.45) is 2.80. The predicted molar refractivity (Wildman–Crippen MR) is 220 cm³/mol. The maximum absolute atomic E-state index is 14.5. The Morgan fingerprint density at radius 1 is 0.737 bits per heavy atom. The maximum Gasteiger partial charge on any atom is 0.251 e. The first-order valence-corrected chi connectivity index (χ1v) is 20.1. The molecule has 300 valence electrons. The zero-order valence-corrected chi connectivity index (χ0v) is 32.4. The molecule has 57 heavy (non-hydrogen) atoms. The molecule has 1 aliphatic heterocycles. The topological polar surface area (TPSA) is 223 Å². The Morgan fingerprint density at radius 2 is 1.37 bits per heavy atom. The largest absolute Gasteiger partial charge is 0.368 e. The van der Waals surface area contributed by atoms with E-state index in [0.717, 1.165) is 37.7 Å². The van der Waals surface area contributed by atoms with E-state index in [-0.39, 0.29) is 25.7 Å². The van der Waals surface area contributed by atoms with E-state index in [9.17, 15) is 24.0 Å². The zero-order chi connectivity index (χ0) is 40.1. The third-order valence-corrected chi connectivity index (χ3v) is 11.1. The summed E-state index contributed by atoms with van der Waals surface area (Å²) in [6.45, 7) is 1.68. The van der Waals surface area contributed by atoms with Gasteiger partial charge in [-0.05, 0) is 65.4 Å². The number of benzene rings is 3. The molecule has 10 N–H and O–H groups in total. The molecule has 0 aliphatic carbocycles. The van der Waals surface area contributed by atoms with E-state index in [0.29, 0.717) is 39.1 Å². The second-order valence-electron chi connectivity index (χ2n) is 14.2. The highest BCUT2D eigenvalue weighted by molar-refractivity contribution is 7.17. The number of carbonyl (C=O) groups is 5. The number of ether oxygens (including phenoxy) is 1. The minimum Gasteiger partial charge on any atom is -0.368 e. The van der Waals surface area contributed by atoms with E-state index in [1.54, 1.807) is 6.20 Å². The van der Waals surface area contributed by atoms with Gasteiger partial charge in [-0.1, -0.05) is 66.7 Å². The van der Waals surface area contributed by atoms with E-state index in [4.69, 9.17) is 16.2 Å². The van der Waals surface area contributed by atoms with Crippen molar-refractivity contribution in [2.75, 3.05) is 26.2 Å². The molecule has 0 unspecified atom stereocenters. The highest BCUT2D eigenvalue weighted by atomic mass is 32.1. The van der Waals surface area contributed by atoms with Crippen molar-refractivity contribution < 1.29 is 28.7 Å². The third-order valence-electron chi connectivity index (χ3n) is 10.1. The number of morpholine rings is 1. The summed E-state index contributed by atoms with van der Waals surface area (Å²) in [7, 11) is 0. The second kappa shape index (κ2) is 20.0. The first-order valence-electron chi connectivity index (χ1n) is 19.3. The van der Waals surface area contributed by atoms with Gasteiger partial charge in [0.2, 0.25) is 23.6 Å². The fourth-order valence-corrected chi connectivity index (χ4v) is 7.98. The van der Waals surface area contributed by atoms with Crippen LogP contribution in [0.15, 0.2) is 90.4 Å². The first kappa shape index (κ1) is 41.0. The summed E-state index contributed by atoms with van der Waals surface area (Å²) in [5.41, 5.74) is 14.6. The molecule has 0 saturated carbocycles. The molecule has 2 aromatic heterocycles. The van der Waals surface area contributed by atoms with Crippen LogP contribution in [-0.4, -0.2) is 91.0 Å². The molecule has 14 nitrogen and oxygen atoms in total. The standard InChI is InChI=1S/C42H50N8O6S/c43-17-9-8-15-32(38(44)51)47-39(52)33(20-26-10-2-1-3-11-26)48-40(53)34(21-27-23-46-31-14-6-4-12-29(27)31)49-41(54)35(50-42(55)36-24-45-18-19-56-36)22-28-25-57-37-16-7-5-13-30(28)37/h1-7,10-14,16,23,25,32-36,45-46H,8-9,15,17-22,24,43H2,(H2,44,51)(H,47,52)(H,48,53)(H,49,54)(H,50,55)/t32-,33+,34-,35-,36-/m1/s1. The van der Waals surface area contributed by atoms with Gasteiger partial charge in [0.25, 0.3) is 5.91 Å². The number of primary amides is 1. The molecule has 5 aromatic rings. The van der Waals surface area contributed by atoms with Crippen LogP contribution in [0.4, 0.5) is 0 Å². The van der Waals surface area contributed by atoms with Crippen molar-refractivity contribution in [3.05, 3.63) is 107 Å². The molecule has 5 atom stereocenters. The normalized spacial score (nSPS) is 16.3. The fourth-order valence-electron chi connectivity index (χ4n) is 7.00. The van der Waals surface area contributed by atoms with Gasteiger partial charge in [0.15, 0.2) is 0 Å². The molecule has 0 bridgehead atoms. The van der Waals surface area contributed by atoms with Crippen LogP contribution in [0.3, 0.4) is 0 Å². The lowest BCUT2D eigenvalue weighted by Crippen LogP contribution is -2.60. The maximum atomic E-state index is 14.5. The fraction of sp³-hybridized carbons (Fsp3) is 0.357. The van der Waals surface area contributed by atoms with Crippen molar-refractivity contribution in [1.29, 1.82) is 0 Å². The summed E-state index contributed by atoms with van der Waals surface area (Å²) < 4.78 is 6.73. The number of amides is 5. The Morgan fingerprint density at radius 3 is 2.07 bits per heavy atom. The van der Waals surface area contributed by atoms with Crippen LogP contribution >= 0.6 is 11.3 Å². The van der Waals surface area contributed by atoms with E-state index >= 15 is 0 Å². The van der Waals surface area contributed by atoms with Gasteiger partial charge in [0.1, 0.15) is 30.3 Å². The number of fused-ring (bicyclic) bond motifs is 2. The number of aromatic amines is 1. The molecule has 1 aliphatic rings. The van der Waals surface area contributed by atoms with Crippen molar-refractivity contribution in [2.45, 2.75) is 68.8 Å². The number of hydrogen-bond acceptors (Lipinski definition) is 9. The minimum atomic E-state index is -1.19. The number of aromatic nitrogens is 1. The summed E-state index contributed by atoms with van der Waals surface area (Å²) in [5.74, 6) is -2.96. The van der Waals surface area contributed by atoms with Gasteiger partial charge in [0, 0.05) is 54.2 Å². The second-order valence-corrected chi connectivity index (χ2v) is 15.1. The number of rotatable bonds is 19. The monoisotopic (exact) mass is 794 g/mol. The Kier molecular flexibility index (Phi) is 14.4. The molecule has 1 saturated heterocycles. The van der Waals surface area contributed by atoms with E-state index in [1.807, 2.05) is 84.2 Å². The highest BCUT2D eigenvalue weighted by Crippen LogP contribution is 2.27. The quantitative estimate of drug-likeness (QED) is 0.0576. The van der Waals surface area contributed by atoms with Crippen molar-refractivity contribution in [1.82, 2.24) is 31.6 Å². The van der Waals surface area contributed by atoms with Crippen LogP contribution in [0.25, 0.3) is 21.0 Å². The number of thiophene rings is 1. The van der Waals surface area contributed by atoms with Crippen LogP contribution in [0.1, 0.15) is 36.0 Å². The van der Waals surface area contributed by atoms with Gasteiger partial charge in [-0.15, -0.1) is 11.3 Å². The van der Waals surface area contributed by atoms with Crippen LogP contribution < -0.4 is 38.1 Å². The van der Waals surface area contributed by atoms with Gasteiger partial charge in [0.05, 0.1) is 6.61 Å². The SMILES string of the molecule is NCCCC[C@@H](NC(=O)[C@H](Cc1ccccc1)NC(=O)[C@@H](Cc1c[nH]c2ccccc12)NC(=O)[C@@H](Cc1csc2ccccc12)NC(=O)[C@H]1CNCCO1)C(N)=O. The van der Waals surface area contributed by atoms with E-state index in [1.165, 1.54) is 11.3 Å². The predicted octanol–water partition coefficient (Wildman–Crippen LogP) is 1.95. The Labute approximate surface area is 334 Å². The van der Waals surface area contributed by atoms with Crippen LogP contribution in [0, 0.1) is 0 Å². The molecule has 0 radical (unpaired) electrons. The average molecular weight is 795 g/mol. The number of carbonyl (C=O) groups excluding carboxylic acids is 5. The van der Waals surface area contributed by atoms with Crippen molar-refractivity contribution in [3.63, 3.8) is 0 Å². The highest BCUT2D eigenvalue weighted by Gasteiger charge is 2.33. The zero-order valence-electron chi connectivity index (χ0n) is 31.6. The molecule has 6 rings (SSSR count). The Balaban J connectivity index is 1.29. The summed E-state index contributed by atoms with van der Waals surface area (Å²) in [5, 5.41) is 18.4. The lowest BCUT2D eigenvalue weighted by atomic mass is 10.00. The molecular weight excluding hydrogens is 745 g/mol. The molecule has 0 spiro atoms. The van der Waals surface area contributed by atoms with Crippen molar-refractivity contribution >= 4 is 61.9 Å². The number of nitrogens with one attached hydrogen (secondary N) is 6. The third kappa shape index (κ3) is 11.0. The molecule has 3 aromatic carbocycles. The van der Waals surface area contributed by atoms with Crippen LogP contribution in [-0.2, 0) is 48.0 Å². The van der Waals surface area contributed by atoms with E-state index < -0.39 is 59.8 Å². The van der Waals surface area contributed by atoms with Crippen LogP contribution in [0.2, 0.25) is 0 Å². The summed E-state index contributed by atoms with van der Waals surface area (Å²) >= 11 is 1.54. The molecule has 15 heteroatoms. The number of hydrogen-bond donors (Lipinski definition) is 8. The lowest BCUT2D eigenvalue weighted by molar-refractivity contribution is -0.138. The van der Waals surface area contributed by atoms with E-state index in [2.05, 4.69) is 31.6 Å². The Hall–Kier alpha value is -5.61. The van der Waals surface area contributed by atoms with Crippen molar-refractivity contribution in [2.24, 2.45) is 11.5 Å². The van der Waals surface area contributed by atoms with Gasteiger partial charge >= 0.3 is 0 Å². The number of para-hydroxylation sites is 1. The molecular formula is C42H50N8O6S. The summed E-state index contributed by atoms with van der Waals surface area (Å²) in [4.78, 5) is 72.0. The number of nitrogens with two attached hydrogens (primary N) is 2. The van der Waals surface area contributed by atoms with Gasteiger partial charge in [-0.2, -0.15) is 0 Å². The lowest BCUT2D eigenvalue weighted by Gasteiger charge is -2.28. The van der Waals surface area contributed by atoms with Crippen LogP contribution in [0.5, 0.6) is 0 Å². The van der Waals surface area contributed by atoms with Crippen molar-refractivity contribution in [3.8, 4) is 0 Å². The van der Waals surface area contributed by atoms with Gasteiger partial charge in [-0.3, -0.25) is 24.0 Å². The molecule has 5 amide bonds. The minimum absolute atomic E-state index is 0.0575. The number of H-pyrrole nitrogens is 1. The average Bonchev–Trinajstić information content (AvgIpc) is 3.84. The Bertz CT molecular complexity index is 2150. The first-order chi connectivity index (χ1) is 27.7. The molecule has 3 heterocycles. The summed E-state index contributed by atoms with van der Waals surface area (Å²) in [6, 6.07) is 20.2. The number of unbranched alkanes of at least 4 members (excludes halogenated alkanes) is 1. The smallest absolute Gasteiger partial charge is 0.251 e.